The number of nitrogen functional groups attached to an aromatic ring is 1. The van der Waals surface area contributed by atoms with E-state index in [1.165, 1.54) is 16.9 Å². The molecule has 1 aromatic carbocycles. The largest absolute Gasteiger partial charge is 0.478 e. The van der Waals surface area contributed by atoms with Crippen LogP contribution in [0.2, 0.25) is 0 Å². The van der Waals surface area contributed by atoms with E-state index >= 15 is 0 Å². The number of aromatic amines is 1. The van der Waals surface area contributed by atoms with E-state index in [-0.39, 0.29) is 11.5 Å². The second kappa shape index (κ2) is 8.14. The van der Waals surface area contributed by atoms with Gasteiger partial charge in [-0.3, -0.25) is 9.78 Å². The highest BCUT2D eigenvalue weighted by Gasteiger charge is 2.07. The number of thiophene rings is 1. The number of hydrogen-bond donors (Lipinski definition) is 3. The number of H-pyrrole nitrogens is 1. The molecule has 0 bridgehead atoms. The van der Waals surface area contributed by atoms with E-state index in [4.69, 9.17) is 10.8 Å². The minimum atomic E-state index is -0.891. The monoisotopic (exact) mass is 371 g/mol. The molecule has 3 aromatic rings. The zero-order chi connectivity index (χ0) is 18.5. The molecular weight excluding hydrogens is 350 g/mol. The lowest BCUT2D eigenvalue weighted by Crippen LogP contribution is -2.09. The van der Waals surface area contributed by atoms with Crippen molar-refractivity contribution in [3.8, 4) is 0 Å². The fourth-order valence-corrected chi connectivity index (χ4v) is 3.99. The van der Waals surface area contributed by atoms with Crippen molar-refractivity contribution in [2.75, 3.05) is 5.73 Å². The van der Waals surface area contributed by atoms with Crippen LogP contribution < -0.4 is 11.3 Å². The number of aromatic nitrogens is 2. The highest BCUT2D eigenvalue weighted by atomic mass is 32.1. The first kappa shape index (κ1) is 18.1. The predicted octanol–water partition coefficient (Wildman–Crippen LogP) is 3.61. The Labute approximate surface area is 154 Å². The van der Waals surface area contributed by atoms with Crippen molar-refractivity contribution in [3.63, 3.8) is 0 Å². The Morgan fingerprint density at radius 2 is 1.81 bits per heavy atom. The van der Waals surface area contributed by atoms with Gasteiger partial charge in [0.25, 0.3) is 5.56 Å². The molecule has 0 aliphatic heterocycles. The predicted molar refractivity (Wildman–Crippen MR) is 104 cm³/mol. The number of anilines is 1. The molecule has 26 heavy (non-hydrogen) atoms. The van der Waals surface area contributed by atoms with Gasteiger partial charge in [0.05, 0.1) is 10.9 Å². The Balaban J connectivity index is 1.41. The molecule has 0 fully saturated rings. The zero-order valence-electron chi connectivity index (χ0n) is 14.3. The van der Waals surface area contributed by atoms with Crippen molar-refractivity contribution in [1.82, 2.24) is 9.97 Å². The number of nitrogens with zero attached hydrogens (tertiary/aromatic N) is 1. The van der Waals surface area contributed by atoms with Gasteiger partial charge in [-0.25, -0.2) is 9.78 Å². The van der Waals surface area contributed by atoms with Gasteiger partial charge in [-0.1, -0.05) is 25.0 Å². The number of carbonyl (C=O) groups is 1. The van der Waals surface area contributed by atoms with Crippen LogP contribution in [0.1, 0.15) is 46.5 Å². The van der Waals surface area contributed by atoms with Gasteiger partial charge in [0, 0.05) is 4.88 Å². The third-order valence-electron chi connectivity index (χ3n) is 4.31. The molecule has 0 unspecified atom stereocenters. The summed E-state index contributed by atoms with van der Waals surface area (Å²) in [6.45, 7) is 0. The normalized spacial score (nSPS) is 11.1. The molecule has 6 nitrogen and oxygen atoms in total. The average Bonchev–Trinajstić information content (AvgIpc) is 3.01. The van der Waals surface area contributed by atoms with Gasteiger partial charge in [0.1, 0.15) is 4.83 Å². The van der Waals surface area contributed by atoms with Crippen molar-refractivity contribution in [1.29, 1.82) is 0 Å². The summed E-state index contributed by atoms with van der Waals surface area (Å²) in [4.78, 5) is 31.2. The van der Waals surface area contributed by atoms with Crippen LogP contribution in [-0.4, -0.2) is 21.0 Å². The third-order valence-corrected chi connectivity index (χ3v) is 5.40. The number of carboxylic acid groups (broad SMARTS) is 1. The van der Waals surface area contributed by atoms with Crippen molar-refractivity contribution < 1.29 is 9.90 Å². The number of benzene rings is 1. The van der Waals surface area contributed by atoms with E-state index in [2.05, 4.69) is 9.97 Å². The summed E-state index contributed by atoms with van der Waals surface area (Å²) < 4.78 is 0. The van der Waals surface area contributed by atoms with Crippen LogP contribution >= 0.6 is 11.3 Å². The van der Waals surface area contributed by atoms with Crippen LogP contribution in [0.4, 0.5) is 5.95 Å². The maximum absolute atomic E-state index is 11.8. The minimum absolute atomic E-state index is 0.160. The summed E-state index contributed by atoms with van der Waals surface area (Å²) in [6, 6.07) is 8.99. The van der Waals surface area contributed by atoms with E-state index in [0.717, 1.165) is 43.4 Å². The molecule has 136 valence electrons. The van der Waals surface area contributed by atoms with Gasteiger partial charge in [-0.2, -0.15) is 0 Å². The van der Waals surface area contributed by atoms with Gasteiger partial charge in [-0.05, 0) is 49.4 Å². The Morgan fingerprint density at radius 3 is 2.50 bits per heavy atom. The number of carboxylic acids is 1. The quantitative estimate of drug-likeness (QED) is 0.524. The molecule has 0 radical (unpaired) electrons. The first-order valence-electron chi connectivity index (χ1n) is 8.63. The first-order valence-corrected chi connectivity index (χ1v) is 9.45. The number of aryl methyl sites for hydroxylation is 2. The van der Waals surface area contributed by atoms with Crippen molar-refractivity contribution in [2.24, 2.45) is 0 Å². The number of hydrogen-bond acceptors (Lipinski definition) is 5. The van der Waals surface area contributed by atoms with Crippen LogP contribution in [0.25, 0.3) is 10.2 Å². The number of nitrogens with two attached hydrogens (primary N) is 1. The molecule has 7 heteroatoms. The molecule has 2 aromatic heterocycles. The van der Waals surface area contributed by atoms with Crippen LogP contribution in [0.15, 0.2) is 35.1 Å². The van der Waals surface area contributed by atoms with Gasteiger partial charge in [0.2, 0.25) is 5.95 Å². The highest BCUT2D eigenvalue weighted by Crippen LogP contribution is 2.23. The molecule has 0 aliphatic carbocycles. The summed E-state index contributed by atoms with van der Waals surface area (Å²) >= 11 is 1.53. The van der Waals surface area contributed by atoms with Crippen molar-refractivity contribution >= 4 is 33.5 Å². The van der Waals surface area contributed by atoms with Gasteiger partial charge in [0.15, 0.2) is 0 Å². The lowest BCUT2D eigenvalue weighted by Gasteiger charge is -2.03. The topological polar surface area (TPSA) is 109 Å². The fraction of sp³-hybridized carbons (Fsp3) is 0.316. The number of fused-ring (bicyclic) bond motifs is 1. The summed E-state index contributed by atoms with van der Waals surface area (Å²) in [5.41, 5.74) is 6.89. The van der Waals surface area contributed by atoms with E-state index in [0.29, 0.717) is 15.8 Å². The van der Waals surface area contributed by atoms with E-state index in [1.54, 1.807) is 12.1 Å². The lowest BCUT2D eigenvalue weighted by molar-refractivity contribution is 0.0697. The fourth-order valence-electron chi connectivity index (χ4n) is 2.92. The molecule has 0 aliphatic rings. The maximum atomic E-state index is 11.8. The van der Waals surface area contributed by atoms with Crippen LogP contribution in [-0.2, 0) is 12.8 Å². The summed E-state index contributed by atoms with van der Waals surface area (Å²) in [6.07, 6.45) is 6.29. The third kappa shape index (κ3) is 4.49. The van der Waals surface area contributed by atoms with Crippen LogP contribution in [0.5, 0.6) is 0 Å². The maximum Gasteiger partial charge on any atom is 0.335 e. The Bertz CT molecular complexity index is 960. The smallest absolute Gasteiger partial charge is 0.335 e. The van der Waals surface area contributed by atoms with E-state index < -0.39 is 5.97 Å². The number of nitrogens with one attached hydrogen (secondary N) is 1. The zero-order valence-corrected chi connectivity index (χ0v) is 15.1. The molecule has 2 heterocycles. The van der Waals surface area contributed by atoms with Crippen LogP contribution in [0.3, 0.4) is 0 Å². The second-order valence-electron chi connectivity index (χ2n) is 6.30. The van der Waals surface area contributed by atoms with Crippen LogP contribution in [0, 0.1) is 0 Å². The standard InChI is InChI=1S/C19H21N3O3S/c20-19-21-16(23)15-11-14(26-17(15)22-19)6-4-2-1-3-5-12-7-9-13(10-8-12)18(24)25/h7-11H,1-6H2,(H,24,25)(H3,20,21,22,23). The van der Waals surface area contributed by atoms with Crippen molar-refractivity contribution in [2.45, 2.75) is 38.5 Å². The molecule has 4 N–H and O–H groups in total. The second-order valence-corrected chi connectivity index (χ2v) is 7.41. The van der Waals surface area contributed by atoms with Gasteiger partial charge >= 0.3 is 5.97 Å². The number of rotatable bonds is 8. The summed E-state index contributed by atoms with van der Waals surface area (Å²) in [5.74, 6) is -0.732. The van der Waals surface area contributed by atoms with Crippen molar-refractivity contribution in [3.05, 3.63) is 56.7 Å². The van der Waals surface area contributed by atoms with Gasteiger partial charge < -0.3 is 10.8 Å². The number of aromatic carboxylic acids is 1. The highest BCUT2D eigenvalue weighted by molar-refractivity contribution is 7.18. The molecular formula is C19H21N3O3S. The molecule has 3 rings (SSSR count). The summed E-state index contributed by atoms with van der Waals surface area (Å²) in [7, 11) is 0. The SMILES string of the molecule is Nc1nc2sc(CCCCCCc3ccc(C(=O)O)cc3)cc2c(=O)[nH]1. The lowest BCUT2D eigenvalue weighted by atomic mass is 10.0. The first-order chi connectivity index (χ1) is 12.5. The average molecular weight is 371 g/mol. The number of unbranched alkanes of at least 4 members (excludes halogenated alkanes) is 3. The molecule has 0 atom stereocenters. The Hall–Kier alpha value is -2.67. The molecule has 0 saturated heterocycles. The summed E-state index contributed by atoms with van der Waals surface area (Å²) in [5, 5.41) is 9.50. The van der Waals surface area contributed by atoms with E-state index in [1.807, 2.05) is 18.2 Å². The Kier molecular flexibility index (Phi) is 5.68. The minimum Gasteiger partial charge on any atom is -0.478 e. The molecule has 0 saturated carbocycles. The Morgan fingerprint density at radius 1 is 1.12 bits per heavy atom. The molecule has 0 amide bonds. The van der Waals surface area contributed by atoms with Gasteiger partial charge in [-0.15, -0.1) is 11.3 Å². The molecule has 0 spiro atoms. The van der Waals surface area contributed by atoms with E-state index in [9.17, 15) is 9.59 Å².